The van der Waals surface area contributed by atoms with E-state index < -0.39 is 12.7 Å². The largest absolute Gasteiger partial charge is 0.401 e. The molecular formula is C12H16F3NO. The van der Waals surface area contributed by atoms with Crippen LogP contribution in [0.1, 0.15) is 18.6 Å². The van der Waals surface area contributed by atoms with Gasteiger partial charge < -0.3 is 10.1 Å². The summed E-state index contributed by atoms with van der Waals surface area (Å²) in [5, 5.41) is 2.28. The van der Waals surface area contributed by atoms with Crippen molar-refractivity contribution in [2.24, 2.45) is 0 Å². The Kier molecular flexibility index (Phi) is 5.44. The Labute approximate surface area is 98.8 Å². The second-order valence-electron chi connectivity index (χ2n) is 3.72. The van der Waals surface area contributed by atoms with E-state index in [1.165, 1.54) is 0 Å². The van der Waals surface area contributed by atoms with Crippen LogP contribution in [-0.2, 0) is 4.74 Å². The molecule has 0 heterocycles. The van der Waals surface area contributed by atoms with Crippen LogP contribution in [-0.4, -0.2) is 25.9 Å². The molecule has 0 saturated heterocycles. The van der Waals surface area contributed by atoms with Crippen LogP contribution in [0.25, 0.3) is 0 Å². The molecule has 0 radical (unpaired) electrons. The van der Waals surface area contributed by atoms with Gasteiger partial charge >= 0.3 is 6.18 Å². The van der Waals surface area contributed by atoms with Gasteiger partial charge in [0.2, 0.25) is 0 Å². The molecule has 0 aliphatic carbocycles. The number of hydrogen-bond donors (Lipinski definition) is 1. The van der Waals surface area contributed by atoms with E-state index in [0.29, 0.717) is 0 Å². The summed E-state index contributed by atoms with van der Waals surface area (Å²) >= 11 is 0. The third kappa shape index (κ3) is 6.28. The topological polar surface area (TPSA) is 21.3 Å². The van der Waals surface area contributed by atoms with E-state index in [0.717, 1.165) is 5.56 Å². The van der Waals surface area contributed by atoms with E-state index in [4.69, 9.17) is 4.74 Å². The molecule has 2 nitrogen and oxygen atoms in total. The minimum atomic E-state index is -4.16. The Hall–Kier alpha value is -1.07. The highest BCUT2D eigenvalue weighted by molar-refractivity contribution is 5.16. The van der Waals surface area contributed by atoms with E-state index in [9.17, 15) is 13.2 Å². The quantitative estimate of drug-likeness (QED) is 0.780. The number of hydrogen-bond acceptors (Lipinski definition) is 2. The maximum Gasteiger partial charge on any atom is 0.401 e. The fourth-order valence-electron chi connectivity index (χ4n) is 1.36. The van der Waals surface area contributed by atoms with Crippen molar-refractivity contribution in [3.63, 3.8) is 0 Å². The summed E-state index contributed by atoms with van der Waals surface area (Å²) in [4.78, 5) is 0. The van der Waals surface area contributed by atoms with Gasteiger partial charge in [-0.25, -0.2) is 0 Å². The van der Waals surface area contributed by atoms with Crippen molar-refractivity contribution in [2.75, 3.05) is 19.7 Å². The van der Waals surface area contributed by atoms with Gasteiger partial charge in [-0.2, -0.15) is 13.2 Å². The summed E-state index contributed by atoms with van der Waals surface area (Å²) < 4.78 is 40.8. The molecule has 17 heavy (non-hydrogen) atoms. The number of ether oxygens (including phenoxy) is 1. The summed E-state index contributed by atoms with van der Waals surface area (Å²) in [6.45, 7) is 1.35. The van der Waals surface area contributed by atoms with Crippen molar-refractivity contribution in [1.82, 2.24) is 5.32 Å². The minimum Gasteiger partial charge on any atom is -0.373 e. The van der Waals surface area contributed by atoms with Gasteiger partial charge in [0.25, 0.3) is 0 Å². The molecular weight excluding hydrogens is 231 g/mol. The van der Waals surface area contributed by atoms with Crippen LogP contribution in [0.4, 0.5) is 13.2 Å². The first kappa shape index (κ1) is 14.0. The molecule has 0 aromatic heterocycles. The third-order valence-corrected chi connectivity index (χ3v) is 2.24. The van der Waals surface area contributed by atoms with Crippen molar-refractivity contribution in [3.05, 3.63) is 35.9 Å². The molecule has 1 aromatic carbocycles. The molecule has 1 rings (SSSR count). The van der Waals surface area contributed by atoms with Crippen molar-refractivity contribution in [1.29, 1.82) is 0 Å². The number of nitrogens with one attached hydrogen (secondary N) is 1. The standard InChI is InChI=1S/C12H16F3NO/c1-10(11-5-3-2-4-6-11)17-8-7-16-9-12(13,14)15/h2-6,10,16H,7-9H2,1H3. The lowest BCUT2D eigenvalue weighted by Gasteiger charge is -2.14. The Balaban J connectivity index is 2.15. The predicted molar refractivity (Wildman–Crippen MR) is 59.7 cm³/mol. The molecule has 0 bridgehead atoms. The normalized spacial score (nSPS) is 13.6. The second-order valence-corrected chi connectivity index (χ2v) is 3.72. The van der Waals surface area contributed by atoms with Crippen molar-refractivity contribution in [3.8, 4) is 0 Å². The predicted octanol–water partition coefficient (Wildman–Crippen LogP) is 2.92. The maximum absolute atomic E-state index is 11.8. The SMILES string of the molecule is CC(OCCNCC(F)(F)F)c1ccccc1. The Morgan fingerprint density at radius 1 is 1.24 bits per heavy atom. The monoisotopic (exact) mass is 247 g/mol. The van der Waals surface area contributed by atoms with E-state index in [1.807, 2.05) is 37.3 Å². The Morgan fingerprint density at radius 2 is 1.88 bits per heavy atom. The zero-order chi connectivity index (χ0) is 12.7. The minimum absolute atomic E-state index is 0.108. The number of benzene rings is 1. The number of halogens is 3. The smallest absolute Gasteiger partial charge is 0.373 e. The van der Waals surface area contributed by atoms with Gasteiger partial charge in [-0.15, -0.1) is 0 Å². The summed E-state index contributed by atoms with van der Waals surface area (Å²) in [5.74, 6) is 0. The fraction of sp³-hybridized carbons (Fsp3) is 0.500. The summed E-state index contributed by atoms with van der Waals surface area (Å²) in [6.07, 6.45) is -4.27. The maximum atomic E-state index is 11.8. The summed E-state index contributed by atoms with van der Waals surface area (Å²) in [6, 6.07) is 9.55. The zero-order valence-corrected chi connectivity index (χ0v) is 9.63. The molecule has 5 heteroatoms. The van der Waals surface area contributed by atoms with Crippen molar-refractivity contribution in [2.45, 2.75) is 19.2 Å². The van der Waals surface area contributed by atoms with Gasteiger partial charge in [0.05, 0.1) is 19.3 Å². The van der Waals surface area contributed by atoms with E-state index >= 15 is 0 Å². The van der Waals surface area contributed by atoms with Crippen LogP contribution in [0.5, 0.6) is 0 Å². The highest BCUT2D eigenvalue weighted by Gasteiger charge is 2.25. The lowest BCUT2D eigenvalue weighted by Crippen LogP contribution is -2.31. The Morgan fingerprint density at radius 3 is 2.47 bits per heavy atom. The molecule has 1 aromatic rings. The van der Waals surface area contributed by atoms with Crippen LogP contribution < -0.4 is 5.32 Å². The Bertz CT molecular complexity index is 313. The molecule has 1 N–H and O–H groups in total. The van der Waals surface area contributed by atoms with Gasteiger partial charge in [0.15, 0.2) is 0 Å². The third-order valence-electron chi connectivity index (χ3n) is 2.24. The summed E-state index contributed by atoms with van der Waals surface area (Å²) in [5.41, 5.74) is 1.02. The first-order chi connectivity index (χ1) is 7.99. The van der Waals surface area contributed by atoms with Gasteiger partial charge in [-0.1, -0.05) is 30.3 Å². The van der Waals surface area contributed by atoms with Gasteiger partial charge in [-0.05, 0) is 12.5 Å². The van der Waals surface area contributed by atoms with Gasteiger partial charge in [-0.3, -0.25) is 0 Å². The number of alkyl halides is 3. The average molecular weight is 247 g/mol. The average Bonchev–Trinajstić information content (AvgIpc) is 2.28. The van der Waals surface area contributed by atoms with E-state index in [-0.39, 0.29) is 19.3 Å². The van der Waals surface area contributed by atoms with Gasteiger partial charge in [0, 0.05) is 6.54 Å². The van der Waals surface area contributed by atoms with Crippen LogP contribution in [0.3, 0.4) is 0 Å². The van der Waals surface area contributed by atoms with Crippen LogP contribution in [0, 0.1) is 0 Å². The van der Waals surface area contributed by atoms with Crippen LogP contribution in [0.2, 0.25) is 0 Å². The van der Waals surface area contributed by atoms with Crippen LogP contribution >= 0.6 is 0 Å². The molecule has 1 atom stereocenters. The van der Waals surface area contributed by atoms with Crippen molar-refractivity contribution < 1.29 is 17.9 Å². The highest BCUT2D eigenvalue weighted by atomic mass is 19.4. The highest BCUT2D eigenvalue weighted by Crippen LogP contribution is 2.15. The summed E-state index contributed by atoms with van der Waals surface area (Å²) in [7, 11) is 0. The van der Waals surface area contributed by atoms with E-state index in [2.05, 4.69) is 5.32 Å². The zero-order valence-electron chi connectivity index (χ0n) is 9.63. The lowest BCUT2D eigenvalue weighted by atomic mass is 10.1. The molecule has 0 spiro atoms. The fourth-order valence-corrected chi connectivity index (χ4v) is 1.36. The van der Waals surface area contributed by atoms with Crippen LogP contribution in [0.15, 0.2) is 30.3 Å². The van der Waals surface area contributed by atoms with Gasteiger partial charge in [0.1, 0.15) is 0 Å². The molecule has 0 fully saturated rings. The van der Waals surface area contributed by atoms with E-state index in [1.54, 1.807) is 0 Å². The molecule has 0 saturated carbocycles. The first-order valence-electron chi connectivity index (χ1n) is 5.43. The molecule has 0 aliphatic rings. The lowest BCUT2D eigenvalue weighted by molar-refractivity contribution is -0.125. The molecule has 96 valence electrons. The molecule has 1 unspecified atom stereocenters. The second kappa shape index (κ2) is 6.61. The first-order valence-corrected chi connectivity index (χ1v) is 5.43. The number of rotatable bonds is 6. The van der Waals surface area contributed by atoms with Crippen molar-refractivity contribution >= 4 is 0 Å². The molecule has 0 amide bonds. The molecule has 0 aliphatic heterocycles.